The van der Waals surface area contributed by atoms with Crippen LogP contribution in [0.4, 0.5) is 24.9 Å². The molecule has 4 aromatic rings. The highest BCUT2D eigenvalue weighted by Crippen LogP contribution is 2.35. The Morgan fingerprint density at radius 3 is 2.57 bits per heavy atom. The maximum Gasteiger partial charge on any atom is 0.433 e. The molecule has 1 unspecified atom stereocenters. The van der Waals surface area contributed by atoms with E-state index in [-0.39, 0.29) is 24.9 Å². The van der Waals surface area contributed by atoms with Gasteiger partial charge in [-0.05, 0) is 24.6 Å². The molecule has 0 saturated carbocycles. The highest BCUT2D eigenvalue weighted by molar-refractivity contribution is 5.89. The van der Waals surface area contributed by atoms with Crippen LogP contribution in [-0.2, 0) is 25.8 Å². The maximum absolute atomic E-state index is 12.7. The van der Waals surface area contributed by atoms with Crippen molar-refractivity contribution in [3.05, 3.63) is 59.8 Å². The Kier molecular flexibility index (Phi) is 5.38. The van der Waals surface area contributed by atoms with E-state index in [1.807, 2.05) is 10.8 Å². The third-order valence-corrected chi connectivity index (χ3v) is 5.64. The summed E-state index contributed by atoms with van der Waals surface area (Å²) in [4.78, 5) is 13.3. The van der Waals surface area contributed by atoms with Gasteiger partial charge < -0.3 is 25.2 Å². The molecule has 1 aliphatic heterocycles. The second-order valence-electron chi connectivity index (χ2n) is 8.34. The van der Waals surface area contributed by atoms with Gasteiger partial charge in [0.2, 0.25) is 5.95 Å². The molecule has 35 heavy (non-hydrogen) atoms. The van der Waals surface area contributed by atoms with Gasteiger partial charge in [0.25, 0.3) is 0 Å². The smallest absolute Gasteiger partial charge is 0.350 e. The first-order chi connectivity index (χ1) is 16.5. The van der Waals surface area contributed by atoms with Gasteiger partial charge >= 0.3 is 12.3 Å². The number of aromatic nitrogens is 6. The lowest BCUT2D eigenvalue weighted by Crippen LogP contribution is -2.56. The number of anilines is 2. The topological polar surface area (TPSA) is 137 Å². The lowest BCUT2D eigenvalue weighted by Gasteiger charge is -2.39. The molecular formula is C21H21F3N8O3. The van der Waals surface area contributed by atoms with Crippen LogP contribution in [-0.4, -0.2) is 56.8 Å². The summed E-state index contributed by atoms with van der Waals surface area (Å²) in [7, 11) is 0. The average molecular weight is 490 g/mol. The molecule has 1 atom stereocenters. The van der Waals surface area contributed by atoms with Crippen molar-refractivity contribution in [2.24, 2.45) is 0 Å². The quantitative estimate of drug-likeness (QED) is 0.296. The van der Waals surface area contributed by atoms with E-state index in [9.17, 15) is 28.5 Å². The summed E-state index contributed by atoms with van der Waals surface area (Å²) in [5.41, 5.74) is 1.49. The molecule has 0 spiro atoms. The predicted molar refractivity (Wildman–Crippen MR) is 117 cm³/mol. The molecule has 0 amide bonds. The van der Waals surface area contributed by atoms with Crippen LogP contribution in [0.25, 0.3) is 11.0 Å². The fourth-order valence-electron chi connectivity index (χ4n) is 4.14. The normalized spacial score (nSPS) is 16.2. The molecule has 1 aliphatic rings. The average Bonchev–Trinajstić information content (AvgIpc) is 3.38. The summed E-state index contributed by atoms with van der Waals surface area (Å²) in [6.07, 6.45) is -1.29. The van der Waals surface area contributed by atoms with E-state index < -0.39 is 24.0 Å². The number of nitrogens with zero attached hydrogens (tertiary/aromatic N) is 7. The Balaban J connectivity index is 1.31. The van der Waals surface area contributed by atoms with Gasteiger partial charge in [-0.15, -0.1) is 0 Å². The maximum atomic E-state index is 12.7. The van der Waals surface area contributed by atoms with E-state index >= 15 is 0 Å². The third-order valence-electron chi connectivity index (χ3n) is 5.64. The molecule has 0 radical (unpaired) electrons. The van der Waals surface area contributed by atoms with E-state index in [0.717, 1.165) is 16.5 Å². The van der Waals surface area contributed by atoms with Gasteiger partial charge in [-0.1, -0.05) is 6.07 Å². The minimum absolute atomic E-state index is 0.166. The van der Waals surface area contributed by atoms with Crippen molar-refractivity contribution in [1.82, 2.24) is 29.3 Å². The zero-order valence-corrected chi connectivity index (χ0v) is 18.3. The van der Waals surface area contributed by atoms with Crippen LogP contribution in [0.3, 0.4) is 0 Å². The molecule has 0 aromatic carbocycles. The number of rotatable bonds is 6. The van der Waals surface area contributed by atoms with Crippen molar-refractivity contribution in [3.63, 3.8) is 0 Å². The zero-order valence-electron chi connectivity index (χ0n) is 18.3. The van der Waals surface area contributed by atoms with E-state index in [4.69, 9.17) is 0 Å². The second kappa shape index (κ2) is 8.18. The first-order valence-corrected chi connectivity index (χ1v) is 10.6. The SMILES string of the molecule is CC1Cn2ccc3nc(NCc4cnn(Cc5ccc(C(F)(F)F)nc5)c4)nc(c32)N1C(O)(O)O. The minimum atomic E-state index is -4.49. The van der Waals surface area contributed by atoms with Crippen LogP contribution in [0.5, 0.6) is 0 Å². The van der Waals surface area contributed by atoms with E-state index in [1.54, 1.807) is 30.1 Å². The van der Waals surface area contributed by atoms with Gasteiger partial charge in [0.15, 0.2) is 5.82 Å². The monoisotopic (exact) mass is 490 g/mol. The fraction of sp³-hybridized carbons (Fsp3) is 0.333. The van der Waals surface area contributed by atoms with Gasteiger partial charge in [-0.25, -0.2) is 4.98 Å². The largest absolute Gasteiger partial charge is 0.433 e. The van der Waals surface area contributed by atoms with E-state index in [1.165, 1.54) is 12.3 Å². The summed E-state index contributed by atoms with van der Waals surface area (Å²) >= 11 is 0. The molecule has 0 aliphatic carbocycles. The summed E-state index contributed by atoms with van der Waals surface area (Å²) in [5, 5.41) is 36.9. The predicted octanol–water partition coefficient (Wildman–Crippen LogP) is 1.50. The van der Waals surface area contributed by atoms with Crippen LogP contribution >= 0.6 is 0 Å². The summed E-state index contributed by atoms with van der Waals surface area (Å²) < 4.78 is 41.5. The van der Waals surface area contributed by atoms with Crippen LogP contribution in [0.2, 0.25) is 0 Å². The zero-order chi connectivity index (χ0) is 25.0. The van der Waals surface area contributed by atoms with E-state index in [0.29, 0.717) is 23.1 Å². The molecule has 14 heteroatoms. The van der Waals surface area contributed by atoms with Crippen molar-refractivity contribution >= 4 is 22.8 Å². The van der Waals surface area contributed by atoms with Gasteiger partial charge in [0.1, 0.15) is 11.2 Å². The van der Waals surface area contributed by atoms with Crippen LogP contribution in [0, 0.1) is 0 Å². The number of alkyl halides is 3. The summed E-state index contributed by atoms with van der Waals surface area (Å²) in [6, 6.07) is 3.59. The number of pyridine rings is 1. The van der Waals surface area contributed by atoms with Crippen molar-refractivity contribution in [2.75, 3.05) is 10.2 Å². The summed E-state index contributed by atoms with van der Waals surface area (Å²) in [6.45, 7) is 2.64. The second-order valence-corrected chi connectivity index (χ2v) is 8.34. The molecule has 5 rings (SSSR count). The molecule has 184 valence electrons. The molecular weight excluding hydrogens is 469 g/mol. The molecule has 0 saturated heterocycles. The fourth-order valence-corrected chi connectivity index (χ4v) is 4.14. The first kappa shape index (κ1) is 23.0. The van der Waals surface area contributed by atoms with E-state index in [2.05, 4.69) is 25.4 Å². The van der Waals surface area contributed by atoms with Crippen molar-refractivity contribution in [2.45, 2.75) is 44.9 Å². The number of aliphatic hydroxyl groups is 3. The number of hydrogen-bond acceptors (Lipinski definition) is 9. The Labute approximate surface area is 196 Å². The molecule has 0 fully saturated rings. The molecule has 4 N–H and O–H groups in total. The molecule has 4 aromatic heterocycles. The van der Waals surface area contributed by atoms with Gasteiger partial charge in [0, 0.05) is 37.2 Å². The third kappa shape index (κ3) is 4.50. The van der Waals surface area contributed by atoms with Crippen molar-refractivity contribution in [1.29, 1.82) is 0 Å². The Morgan fingerprint density at radius 2 is 1.89 bits per heavy atom. The number of halogens is 3. The van der Waals surface area contributed by atoms with Crippen LogP contribution in [0.15, 0.2) is 43.0 Å². The van der Waals surface area contributed by atoms with Gasteiger partial charge in [-0.3, -0.25) is 14.6 Å². The number of hydrogen-bond donors (Lipinski definition) is 4. The van der Waals surface area contributed by atoms with Gasteiger partial charge in [0.05, 0.1) is 24.3 Å². The lowest BCUT2D eigenvalue weighted by molar-refractivity contribution is -0.313. The molecule has 11 nitrogen and oxygen atoms in total. The van der Waals surface area contributed by atoms with Crippen molar-refractivity contribution in [3.8, 4) is 0 Å². The summed E-state index contributed by atoms with van der Waals surface area (Å²) in [5.74, 6) is 0.368. The molecule has 0 bridgehead atoms. The Hall–Kier alpha value is -3.75. The Bertz CT molecular complexity index is 1360. The van der Waals surface area contributed by atoms with Crippen molar-refractivity contribution < 1.29 is 28.5 Å². The van der Waals surface area contributed by atoms with Crippen LogP contribution < -0.4 is 10.2 Å². The highest BCUT2D eigenvalue weighted by Gasteiger charge is 2.40. The minimum Gasteiger partial charge on any atom is -0.350 e. The van der Waals surface area contributed by atoms with Crippen LogP contribution in [0.1, 0.15) is 23.7 Å². The first-order valence-electron chi connectivity index (χ1n) is 10.6. The van der Waals surface area contributed by atoms with Gasteiger partial charge in [-0.2, -0.15) is 23.3 Å². The standard InChI is InChI=1S/C21H21F3N8O3/c1-12-9-30-5-4-15-17(30)18(32(12)21(33,34)35)29-19(28-15)26-7-14-8-27-31(11-14)10-13-2-3-16(25-6-13)20(22,23)24/h2-6,8,11-12,33-35H,7,9-10H2,1H3,(H,26,28,29). The Morgan fingerprint density at radius 1 is 1.09 bits per heavy atom. The molecule has 5 heterocycles. The highest BCUT2D eigenvalue weighted by atomic mass is 19.4. The lowest BCUT2D eigenvalue weighted by atomic mass is 10.2. The number of nitrogens with one attached hydrogen (secondary N) is 1.